The Morgan fingerprint density at radius 1 is 1.31 bits per heavy atom. The minimum absolute atomic E-state index is 0.0186. The molecule has 0 saturated carbocycles. The summed E-state index contributed by atoms with van der Waals surface area (Å²) in [5, 5.41) is 13.5. The van der Waals surface area contributed by atoms with E-state index in [1.165, 1.54) is 29.9 Å². The number of rotatable bonds is 6. The van der Waals surface area contributed by atoms with Crippen LogP contribution in [0, 0.1) is 10.1 Å². The number of fused-ring (bicyclic) bond motifs is 1. The van der Waals surface area contributed by atoms with Gasteiger partial charge in [0.15, 0.2) is 5.58 Å². The first-order valence-corrected chi connectivity index (χ1v) is 7.70. The molecule has 0 aliphatic carbocycles. The van der Waals surface area contributed by atoms with E-state index >= 15 is 0 Å². The first kappa shape index (κ1) is 17.2. The highest BCUT2D eigenvalue weighted by Gasteiger charge is 2.15. The Morgan fingerprint density at radius 3 is 2.81 bits per heavy atom. The number of hydrogen-bond donors (Lipinski definition) is 1. The van der Waals surface area contributed by atoms with Crippen LogP contribution in [-0.4, -0.2) is 22.5 Å². The molecule has 1 heterocycles. The summed E-state index contributed by atoms with van der Waals surface area (Å²) in [6.45, 7) is 0.110. The normalized spacial score (nSPS) is 10.7. The van der Waals surface area contributed by atoms with Gasteiger partial charge in [0.05, 0.1) is 23.2 Å². The number of ether oxygens (including phenoxy) is 1. The number of nitro benzene ring substituents is 1. The van der Waals surface area contributed by atoms with Gasteiger partial charge in [0.1, 0.15) is 5.75 Å². The first-order valence-electron chi connectivity index (χ1n) is 7.70. The van der Waals surface area contributed by atoms with Gasteiger partial charge in [-0.25, -0.2) is 4.79 Å². The van der Waals surface area contributed by atoms with Gasteiger partial charge in [-0.15, -0.1) is 0 Å². The van der Waals surface area contributed by atoms with Crippen LogP contribution >= 0.6 is 0 Å². The number of carbonyl (C=O) groups excluding carboxylic acids is 1. The van der Waals surface area contributed by atoms with Crippen molar-refractivity contribution < 1.29 is 18.9 Å². The van der Waals surface area contributed by atoms with Crippen LogP contribution in [0.5, 0.6) is 5.75 Å². The molecule has 0 atom stereocenters. The average Bonchev–Trinajstić information content (AvgIpc) is 2.95. The number of nitrogens with one attached hydrogen (secondary N) is 1. The zero-order valence-electron chi connectivity index (χ0n) is 13.8. The molecular formula is C17H15N3O6. The predicted molar refractivity (Wildman–Crippen MR) is 93.4 cm³/mol. The maximum absolute atomic E-state index is 12.2. The van der Waals surface area contributed by atoms with E-state index in [-0.39, 0.29) is 24.3 Å². The van der Waals surface area contributed by atoms with Crippen LogP contribution in [-0.2, 0) is 11.3 Å². The SMILES string of the molecule is COc1ccc([N+](=O)[O-])cc1NC(=O)CCn1c(=O)oc2ccccc21. The van der Waals surface area contributed by atoms with Gasteiger partial charge in [0, 0.05) is 25.1 Å². The Balaban J connectivity index is 1.75. The molecule has 3 aromatic rings. The van der Waals surface area contributed by atoms with E-state index < -0.39 is 16.6 Å². The maximum Gasteiger partial charge on any atom is 0.419 e. The van der Waals surface area contributed by atoms with Crippen molar-refractivity contribution in [3.05, 3.63) is 63.1 Å². The average molecular weight is 357 g/mol. The van der Waals surface area contributed by atoms with Crippen LogP contribution in [0.3, 0.4) is 0 Å². The molecule has 9 heteroatoms. The number of aryl methyl sites for hydroxylation is 1. The summed E-state index contributed by atoms with van der Waals surface area (Å²) in [5.41, 5.74) is 1.06. The zero-order chi connectivity index (χ0) is 18.7. The van der Waals surface area contributed by atoms with Gasteiger partial charge in [-0.3, -0.25) is 19.5 Å². The molecule has 0 spiro atoms. The minimum atomic E-state index is -0.563. The standard InChI is InChI=1S/C17H15N3O6/c1-25-14-7-6-11(20(23)24)10-12(14)18-16(21)8-9-19-13-4-2-3-5-15(13)26-17(19)22/h2-7,10H,8-9H2,1H3,(H,18,21). The number of hydrogen-bond acceptors (Lipinski definition) is 6. The third-order valence-corrected chi connectivity index (χ3v) is 3.80. The van der Waals surface area contributed by atoms with Gasteiger partial charge in [-0.1, -0.05) is 12.1 Å². The number of methoxy groups -OCH3 is 1. The second-order valence-electron chi connectivity index (χ2n) is 5.43. The van der Waals surface area contributed by atoms with Crippen molar-refractivity contribution >= 4 is 28.4 Å². The van der Waals surface area contributed by atoms with Crippen LogP contribution in [0.4, 0.5) is 11.4 Å². The number of para-hydroxylation sites is 2. The summed E-state index contributed by atoms with van der Waals surface area (Å²) >= 11 is 0. The highest BCUT2D eigenvalue weighted by molar-refractivity contribution is 5.92. The van der Waals surface area contributed by atoms with E-state index in [0.717, 1.165) is 0 Å². The van der Waals surface area contributed by atoms with Crippen molar-refractivity contribution in [3.8, 4) is 5.75 Å². The molecule has 2 aromatic carbocycles. The molecule has 0 unspecified atom stereocenters. The van der Waals surface area contributed by atoms with E-state index in [2.05, 4.69) is 5.32 Å². The number of benzene rings is 2. The van der Waals surface area contributed by atoms with E-state index in [9.17, 15) is 19.7 Å². The lowest BCUT2D eigenvalue weighted by atomic mass is 10.2. The Hall–Kier alpha value is -3.62. The van der Waals surface area contributed by atoms with E-state index in [1.807, 2.05) is 0 Å². The monoisotopic (exact) mass is 357 g/mol. The first-order chi connectivity index (χ1) is 12.5. The summed E-state index contributed by atoms with van der Waals surface area (Å²) < 4.78 is 11.6. The summed E-state index contributed by atoms with van der Waals surface area (Å²) in [5.74, 6) is -0.664. The number of carbonyl (C=O) groups is 1. The summed E-state index contributed by atoms with van der Waals surface area (Å²) in [6, 6.07) is 10.8. The molecular weight excluding hydrogens is 342 g/mol. The van der Waals surface area contributed by atoms with Crippen molar-refractivity contribution in [2.75, 3.05) is 12.4 Å². The molecule has 9 nitrogen and oxygen atoms in total. The van der Waals surface area contributed by atoms with E-state index in [1.54, 1.807) is 24.3 Å². The fourth-order valence-electron chi connectivity index (χ4n) is 2.56. The van der Waals surface area contributed by atoms with Gasteiger partial charge in [-0.2, -0.15) is 0 Å². The van der Waals surface area contributed by atoms with Crippen molar-refractivity contribution in [1.82, 2.24) is 4.57 Å². The molecule has 26 heavy (non-hydrogen) atoms. The van der Waals surface area contributed by atoms with Crippen molar-refractivity contribution in [3.63, 3.8) is 0 Å². The zero-order valence-corrected chi connectivity index (χ0v) is 13.8. The Morgan fingerprint density at radius 2 is 2.08 bits per heavy atom. The molecule has 3 rings (SSSR count). The smallest absolute Gasteiger partial charge is 0.419 e. The van der Waals surface area contributed by atoms with Gasteiger partial charge in [-0.05, 0) is 18.2 Å². The fraction of sp³-hybridized carbons (Fsp3) is 0.176. The molecule has 0 aliphatic rings. The highest BCUT2D eigenvalue weighted by Crippen LogP contribution is 2.29. The van der Waals surface area contributed by atoms with Crippen LogP contribution in [0.1, 0.15) is 6.42 Å². The topological polar surface area (TPSA) is 117 Å². The number of nitro groups is 1. The largest absolute Gasteiger partial charge is 0.495 e. The van der Waals surface area contributed by atoms with Gasteiger partial charge in [0.25, 0.3) is 5.69 Å². The van der Waals surface area contributed by atoms with Gasteiger partial charge >= 0.3 is 5.76 Å². The number of nitrogens with zero attached hydrogens (tertiary/aromatic N) is 2. The second kappa shape index (κ2) is 7.09. The number of amides is 1. The van der Waals surface area contributed by atoms with Crippen LogP contribution in [0.15, 0.2) is 51.7 Å². The molecule has 0 saturated heterocycles. The molecule has 0 fully saturated rings. The maximum atomic E-state index is 12.2. The molecule has 0 aliphatic heterocycles. The lowest BCUT2D eigenvalue weighted by Crippen LogP contribution is -2.20. The molecule has 0 radical (unpaired) electrons. The summed E-state index contributed by atoms with van der Waals surface area (Å²) in [6.07, 6.45) is -0.0186. The number of anilines is 1. The lowest BCUT2D eigenvalue weighted by Gasteiger charge is -2.10. The molecule has 0 bridgehead atoms. The lowest BCUT2D eigenvalue weighted by molar-refractivity contribution is -0.384. The Bertz CT molecular complexity index is 1040. The van der Waals surface area contributed by atoms with Gasteiger partial charge < -0.3 is 14.5 Å². The summed E-state index contributed by atoms with van der Waals surface area (Å²) in [7, 11) is 1.40. The summed E-state index contributed by atoms with van der Waals surface area (Å²) in [4.78, 5) is 34.4. The van der Waals surface area contributed by atoms with Crippen LogP contribution in [0.25, 0.3) is 11.1 Å². The van der Waals surface area contributed by atoms with Crippen LogP contribution in [0.2, 0.25) is 0 Å². The Kier molecular flexibility index (Phi) is 4.70. The van der Waals surface area contributed by atoms with Crippen molar-refractivity contribution in [1.29, 1.82) is 0 Å². The third kappa shape index (κ3) is 3.41. The fourth-order valence-corrected chi connectivity index (χ4v) is 2.56. The van der Waals surface area contributed by atoms with Crippen molar-refractivity contribution in [2.24, 2.45) is 0 Å². The van der Waals surface area contributed by atoms with Crippen molar-refractivity contribution in [2.45, 2.75) is 13.0 Å². The molecule has 1 aromatic heterocycles. The quantitative estimate of drug-likeness (QED) is 0.535. The third-order valence-electron chi connectivity index (χ3n) is 3.80. The molecule has 1 amide bonds. The highest BCUT2D eigenvalue weighted by atomic mass is 16.6. The van der Waals surface area contributed by atoms with Crippen LogP contribution < -0.4 is 15.8 Å². The van der Waals surface area contributed by atoms with E-state index in [4.69, 9.17) is 9.15 Å². The predicted octanol–water partition coefficient (Wildman–Crippen LogP) is 2.54. The number of aromatic nitrogens is 1. The van der Waals surface area contributed by atoms with E-state index in [0.29, 0.717) is 16.8 Å². The number of oxazole rings is 1. The molecule has 1 N–H and O–H groups in total. The Labute approximate surface area is 146 Å². The number of non-ortho nitro benzene ring substituents is 1. The second-order valence-corrected chi connectivity index (χ2v) is 5.43. The van der Waals surface area contributed by atoms with Gasteiger partial charge in [0.2, 0.25) is 5.91 Å². The molecule has 134 valence electrons. The minimum Gasteiger partial charge on any atom is -0.495 e.